The van der Waals surface area contributed by atoms with Crippen molar-refractivity contribution in [1.82, 2.24) is 26.1 Å². The molecule has 0 spiro atoms. The van der Waals surface area contributed by atoms with Crippen LogP contribution in [0.3, 0.4) is 0 Å². The number of benzene rings is 1. The maximum Gasteiger partial charge on any atom is 0.226 e. The molecular formula is C28H39N5O3. The highest BCUT2D eigenvalue weighted by atomic mass is 16.4. The summed E-state index contributed by atoms with van der Waals surface area (Å²) < 4.78 is 6.16. The van der Waals surface area contributed by atoms with Crippen LogP contribution in [0.15, 0.2) is 34.7 Å². The molecule has 8 nitrogen and oxygen atoms in total. The Kier molecular flexibility index (Phi) is 7.42. The van der Waals surface area contributed by atoms with Crippen LogP contribution in [0.4, 0.5) is 0 Å². The number of carbonyl (C=O) groups excluding carboxylic acids is 2. The van der Waals surface area contributed by atoms with Crippen LogP contribution < -0.4 is 16.0 Å². The first-order valence-corrected chi connectivity index (χ1v) is 13.7. The average Bonchev–Trinajstić information content (AvgIpc) is 3.40. The van der Waals surface area contributed by atoms with Gasteiger partial charge in [-0.15, -0.1) is 10.2 Å². The van der Waals surface area contributed by atoms with E-state index in [4.69, 9.17) is 4.42 Å². The smallest absolute Gasteiger partial charge is 0.226 e. The van der Waals surface area contributed by atoms with Crippen LogP contribution in [-0.4, -0.2) is 40.3 Å². The van der Waals surface area contributed by atoms with E-state index in [1.54, 1.807) is 0 Å². The van der Waals surface area contributed by atoms with Crippen LogP contribution in [0, 0.1) is 5.92 Å². The van der Waals surface area contributed by atoms with Gasteiger partial charge in [0.2, 0.25) is 23.6 Å². The molecule has 3 N–H and O–H groups in total. The predicted molar refractivity (Wildman–Crippen MR) is 136 cm³/mol. The standard InChI is InChI=1S/C28H39N5O3/c1-28(2,19-8-4-3-5-9-19)27-33-32-26(36-27)18-12-14-20(15-13-18)29-24(34)17-16-23-30-22-11-7-6-10-21(22)25(35)31-23/h3-5,8-9,18,20-23,30H,6-7,10-17H2,1-2H3,(H,29,34)(H,31,35). The predicted octanol–water partition coefficient (Wildman–Crippen LogP) is 3.92. The van der Waals surface area contributed by atoms with Gasteiger partial charge in [0.15, 0.2) is 0 Å². The Morgan fingerprint density at radius 2 is 1.81 bits per heavy atom. The van der Waals surface area contributed by atoms with Crippen LogP contribution in [0.1, 0.15) is 101 Å². The molecule has 1 saturated heterocycles. The molecule has 2 aromatic rings. The second-order valence-corrected chi connectivity index (χ2v) is 11.3. The number of carbonyl (C=O) groups is 2. The summed E-state index contributed by atoms with van der Waals surface area (Å²) in [6.45, 7) is 4.21. The summed E-state index contributed by atoms with van der Waals surface area (Å²) in [4.78, 5) is 25.0. The van der Waals surface area contributed by atoms with Crippen molar-refractivity contribution in [2.75, 3.05) is 0 Å². The molecule has 2 aliphatic carbocycles. The van der Waals surface area contributed by atoms with E-state index in [-0.39, 0.29) is 47.3 Å². The van der Waals surface area contributed by atoms with E-state index in [0.717, 1.165) is 50.5 Å². The first-order chi connectivity index (χ1) is 17.4. The van der Waals surface area contributed by atoms with Crippen LogP contribution in [0.2, 0.25) is 0 Å². The van der Waals surface area contributed by atoms with Gasteiger partial charge >= 0.3 is 0 Å². The highest BCUT2D eigenvalue weighted by molar-refractivity contribution is 5.81. The lowest BCUT2D eigenvalue weighted by Crippen LogP contribution is -2.62. The maximum atomic E-state index is 12.6. The quantitative estimate of drug-likeness (QED) is 0.539. The molecule has 2 saturated carbocycles. The molecule has 2 amide bonds. The van der Waals surface area contributed by atoms with Crippen molar-refractivity contribution in [3.05, 3.63) is 47.7 Å². The van der Waals surface area contributed by atoms with Crippen molar-refractivity contribution in [2.24, 2.45) is 5.92 Å². The van der Waals surface area contributed by atoms with Gasteiger partial charge in [0.1, 0.15) is 0 Å². The topological polar surface area (TPSA) is 109 Å². The highest BCUT2D eigenvalue weighted by Gasteiger charge is 2.37. The summed E-state index contributed by atoms with van der Waals surface area (Å²) in [6, 6.07) is 10.7. The summed E-state index contributed by atoms with van der Waals surface area (Å²) in [5.41, 5.74) is 0.801. The van der Waals surface area contributed by atoms with E-state index in [0.29, 0.717) is 24.6 Å². The first-order valence-electron chi connectivity index (χ1n) is 13.7. The van der Waals surface area contributed by atoms with Crippen molar-refractivity contribution >= 4 is 11.8 Å². The fourth-order valence-corrected chi connectivity index (χ4v) is 6.07. The molecule has 1 aliphatic heterocycles. The monoisotopic (exact) mass is 493 g/mol. The molecule has 3 fully saturated rings. The second kappa shape index (κ2) is 10.7. The zero-order valence-corrected chi connectivity index (χ0v) is 21.5. The van der Waals surface area contributed by atoms with E-state index >= 15 is 0 Å². The molecule has 194 valence electrons. The minimum Gasteiger partial charge on any atom is -0.424 e. The molecule has 3 aliphatic rings. The van der Waals surface area contributed by atoms with Gasteiger partial charge in [0, 0.05) is 24.4 Å². The fraction of sp³-hybridized carbons (Fsp3) is 0.643. The van der Waals surface area contributed by atoms with Crippen LogP contribution in [0.25, 0.3) is 0 Å². The molecule has 3 unspecified atom stereocenters. The number of hydrogen-bond donors (Lipinski definition) is 3. The summed E-state index contributed by atoms with van der Waals surface area (Å²) in [7, 11) is 0. The molecular weight excluding hydrogens is 454 g/mol. The van der Waals surface area contributed by atoms with Gasteiger partial charge in [-0.05, 0) is 64.4 Å². The molecule has 36 heavy (non-hydrogen) atoms. The molecule has 1 aromatic heterocycles. The van der Waals surface area contributed by atoms with E-state index in [1.807, 2.05) is 18.2 Å². The number of amides is 2. The molecule has 0 radical (unpaired) electrons. The average molecular weight is 494 g/mol. The first kappa shape index (κ1) is 24.9. The number of nitrogens with zero attached hydrogens (tertiary/aromatic N) is 2. The Morgan fingerprint density at radius 1 is 1.06 bits per heavy atom. The number of aromatic nitrogens is 2. The third kappa shape index (κ3) is 5.48. The molecule has 3 atom stereocenters. The molecule has 5 rings (SSSR count). The lowest BCUT2D eigenvalue weighted by Gasteiger charge is -2.40. The van der Waals surface area contributed by atoms with E-state index in [1.165, 1.54) is 6.42 Å². The van der Waals surface area contributed by atoms with Crippen molar-refractivity contribution in [3.8, 4) is 0 Å². The van der Waals surface area contributed by atoms with Gasteiger partial charge in [-0.3, -0.25) is 14.9 Å². The Balaban J connectivity index is 1.07. The lowest BCUT2D eigenvalue weighted by atomic mass is 9.82. The van der Waals surface area contributed by atoms with Gasteiger partial charge in [-0.25, -0.2) is 0 Å². The van der Waals surface area contributed by atoms with E-state index in [2.05, 4.69) is 52.1 Å². The van der Waals surface area contributed by atoms with Crippen molar-refractivity contribution in [2.45, 2.75) is 108 Å². The minimum absolute atomic E-state index is 0.0601. The lowest BCUT2D eigenvalue weighted by molar-refractivity contribution is -0.131. The van der Waals surface area contributed by atoms with Crippen LogP contribution >= 0.6 is 0 Å². The zero-order valence-electron chi connectivity index (χ0n) is 21.5. The van der Waals surface area contributed by atoms with Gasteiger partial charge in [-0.1, -0.05) is 43.2 Å². The number of fused-ring (bicyclic) bond motifs is 1. The number of rotatable bonds is 7. The molecule has 8 heteroatoms. The molecule has 0 bridgehead atoms. The highest BCUT2D eigenvalue weighted by Crippen LogP contribution is 2.36. The van der Waals surface area contributed by atoms with Crippen molar-refractivity contribution in [3.63, 3.8) is 0 Å². The summed E-state index contributed by atoms with van der Waals surface area (Å²) >= 11 is 0. The van der Waals surface area contributed by atoms with Crippen molar-refractivity contribution < 1.29 is 14.0 Å². The Labute approximate surface area is 213 Å². The summed E-state index contributed by atoms with van der Waals surface area (Å²) in [5, 5.41) is 18.6. The Hall–Kier alpha value is -2.74. The van der Waals surface area contributed by atoms with Gasteiger partial charge < -0.3 is 15.1 Å². The fourth-order valence-electron chi connectivity index (χ4n) is 6.07. The maximum absolute atomic E-state index is 12.6. The number of nitrogens with one attached hydrogen (secondary N) is 3. The van der Waals surface area contributed by atoms with Crippen LogP contribution in [0.5, 0.6) is 0 Å². The summed E-state index contributed by atoms with van der Waals surface area (Å²) in [6.07, 6.45) is 8.89. The van der Waals surface area contributed by atoms with E-state index < -0.39 is 0 Å². The van der Waals surface area contributed by atoms with Gasteiger partial charge in [0.05, 0.1) is 17.5 Å². The summed E-state index contributed by atoms with van der Waals surface area (Å²) in [5.74, 6) is 1.89. The molecule has 2 heterocycles. The normalized spacial score (nSPS) is 28.7. The SMILES string of the molecule is CC(C)(c1ccccc1)c1nnc(C2CCC(NC(=O)CCC3NC(=O)C4CCCCC4N3)CC2)o1. The van der Waals surface area contributed by atoms with Gasteiger partial charge in [-0.2, -0.15) is 0 Å². The third-order valence-corrected chi connectivity index (χ3v) is 8.41. The van der Waals surface area contributed by atoms with Crippen molar-refractivity contribution in [1.29, 1.82) is 0 Å². The largest absolute Gasteiger partial charge is 0.424 e. The Bertz CT molecular complexity index is 1040. The second-order valence-electron chi connectivity index (χ2n) is 11.3. The number of hydrogen-bond acceptors (Lipinski definition) is 6. The van der Waals surface area contributed by atoms with Gasteiger partial charge in [0.25, 0.3) is 0 Å². The zero-order chi connectivity index (χ0) is 25.1. The Morgan fingerprint density at radius 3 is 2.58 bits per heavy atom. The third-order valence-electron chi connectivity index (χ3n) is 8.41. The van der Waals surface area contributed by atoms with Crippen LogP contribution in [-0.2, 0) is 15.0 Å². The molecule has 1 aromatic carbocycles. The van der Waals surface area contributed by atoms with E-state index in [9.17, 15) is 9.59 Å². The minimum atomic E-state index is -0.345.